The first-order valence-corrected chi connectivity index (χ1v) is 11.7. The molecule has 166 valence electrons. The summed E-state index contributed by atoms with van der Waals surface area (Å²) in [6.07, 6.45) is 0.217. The summed E-state index contributed by atoms with van der Waals surface area (Å²) in [6.45, 7) is 3.50. The van der Waals surface area contributed by atoms with E-state index in [4.69, 9.17) is 0 Å². The quantitative estimate of drug-likeness (QED) is 0.513. The zero-order valence-electron chi connectivity index (χ0n) is 17.5. The minimum atomic E-state index is -3.29. The lowest BCUT2D eigenvalue weighted by atomic mass is 10.1. The van der Waals surface area contributed by atoms with Gasteiger partial charge in [-0.3, -0.25) is 14.5 Å². The molecular weight excluding hydrogens is 418 g/mol. The Labute approximate surface area is 182 Å². The van der Waals surface area contributed by atoms with Crippen LogP contribution in [0.2, 0.25) is 0 Å². The van der Waals surface area contributed by atoms with Crippen molar-refractivity contribution in [2.45, 2.75) is 44.6 Å². The maximum absolute atomic E-state index is 12.8. The third-order valence-electron chi connectivity index (χ3n) is 5.10. The third-order valence-corrected chi connectivity index (χ3v) is 6.95. The van der Waals surface area contributed by atoms with Crippen molar-refractivity contribution in [2.75, 3.05) is 16.8 Å². The first kappa shape index (κ1) is 22.9. The monoisotopic (exact) mass is 445 g/mol. The molecule has 0 aliphatic carbocycles. The van der Waals surface area contributed by atoms with Gasteiger partial charge in [0.05, 0.1) is 5.25 Å². The van der Waals surface area contributed by atoms with E-state index in [0.717, 1.165) is 0 Å². The largest absolute Gasteiger partial charge is 0.369 e. The van der Waals surface area contributed by atoms with Crippen molar-refractivity contribution in [1.82, 2.24) is 4.72 Å². The fourth-order valence-electron chi connectivity index (χ4n) is 3.29. The van der Waals surface area contributed by atoms with Gasteiger partial charge in [0.25, 0.3) is 5.91 Å². The van der Waals surface area contributed by atoms with Gasteiger partial charge in [-0.1, -0.05) is 24.3 Å². The molecule has 1 atom stereocenters. The van der Waals surface area contributed by atoms with Crippen molar-refractivity contribution >= 4 is 33.2 Å². The number of unbranched alkanes of at least 4 members (excludes halogenated alkanes) is 1. The smallest absolute Gasteiger partial charge is 0.261 e. The molecule has 2 aromatic carbocycles. The summed E-state index contributed by atoms with van der Waals surface area (Å²) in [6, 6.07) is 13.8. The molecule has 9 heteroatoms. The fraction of sp³-hybridized carbons (Fsp3) is 0.364. The molecule has 0 saturated carbocycles. The molecule has 0 aromatic heterocycles. The van der Waals surface area contributed by atoms with Gasteiger partial charge in [-0.2, -0.15) is 0 Å². The summed E-state index contributed by atoms with van der Waals surface area (Å²) in [5.74, 6) is -0.556. The number of rotatable bonds is 9. The molecule has 3 N–H and O–H groups in total. The molecule has 1 aliphatic heterocycles. The molecule has 0 unspecified atom stereocenters. The summed E-state index contributed by atoms with van der Waals surface area (Å²) in [5, 5.41) is 12.8. The zero-order chi connectivity index (χ0) is 22.6. The number of nitrogens with one attached hydrogen (secondary N) is 2. The molecule has 1 aliphatic rings. The highest BCUT2D eigenvalue weighted by Crippen LogP contribution is 2.36. The lowest BCUT2D eigenvalue weighted by molar-refractivity contribution is -0.116. The molecule has 31 heavy (non-hydrogen) atoms. The van der Waals surface area contributed by atoms with E-state index >= 15 is 0 Å². The Morgan fingerprint density at radius 2 is 1.84 bits per heavy atom. The van der Waals surface area contributed by atoms with Crippen LogP contribution in [0.1, 0.15) is 55.3 Å². The Hall–Kier alpha value is -2.75. The van der Waals surface area contributed by atoms with Crippen LogP contribution in [0.5, 0.6) is 0 Å². The van der Waals surface area contributed by atoms with Crippen molar-refractivity contribution in [3.8, 4) is 0 Å². The molecule has 0 saturated heterocycles. The minimum Gasteiger partial charge on any atom is -0.369 e. The van der Waals surface area contributed by atoms with Crippen molar-refractivity contribution in [3.63, 3.8) is 0 Å². The van der Waals surface area contributed by atoms with E-state index in [-0.39, 0.29) is 24.8 Å². The first-order valence-electron chi connectivity index (χ1n) is 10.2. The summed E-state index contributed by atoms with van der Waals surface area (Å²) in [4.78, 5) is 26.3. The second-order valence-corrected chi connectivity index (χ2v) is 10.0. The number of nitrogens with zero attached hydrogens (tertiary/aromatic N) is 1. The molecule has 1 heterocycles. The number of carbonyl (C=O) groups excluding carboxylic acids is 2. The second kappa shape index (κ2) is 9.59. The number of fused-ring (bicyclic) bond motifs is 1. The summed E-state index contributed by atoms with van der Waals surface area (Å²) >= 11 is 0. The number of sulfonamides is 1. The molecule has 0 fully saturated rings. The van der Waals surface area contributed by atoms with Crippen molar-refractivity contribution in [2.24, 2.45) is 0 Å². The van der Waals surface area contributed by atoms with Crippen LogP contribution in [-0.4, -0.2) is 37.1 Å². The number of para-hydroxylation sites is 1. The number of anilines is 2. The maximum atomic E-state index is 12.8. The van der Waals surface area contributed by atoms with Crippen LogP contribution in [0.25, 0.3) is 0 Å². The van der Waals surface area contributed by atoms with Crippen LogP contribution >= 0.6 is 0 Å². The van der Waals surface area contributed by atoms with Crippen LogP contribution in [0.3, 0.4) is 0 Å². The van der Waals surface area contributed by atoms with Gasteiger partial charge in [0.2, 0.25) is 15.9 Å². The third kappa shape index (κ3) is 5.30. The summed E-state index contributed by atoms with van der Waals surface area (Å²) in [5.41, 5.74) is 1.90. The number of aliphatic hydroxyl groups is 1. The highest BCUT2D eigenvalue weighted by atomic mass is 32.2. The van der Waals surface area contributed by atoms with Gasteiger partial charge in [0, 0.05) is 35.5 Å². The summed E-state index contributed by atoms with van der Waals surface area (Å²) in [7, 11) is -3.29. The molecule has 2 aromatic rings. The molecule has 3 rings (SSSR count). The Balaban J connectivity index is 1.55. The van der Waals surface area contributed by atoms with Gasteiger partial charge in [-0.25, -0.2) is 13.1 Å². The standard InChI is InChI=1S/C22H27N3O5S/c1-15(2)31(29,30)23-13-7-6-10-20(26)24-16-11-12-18-19(14-16)22(28)25(21(18)27)17-8-4-3-5-9-17/h3-5,8-9,11-12,14-15,21,23,27H,6-7,10,13H2,1-2H3,(H,24,26)/t21-/m0/s1. The lowest BCUT2D eigenvalue weighted by Crippen LogP contribution is -2.31. The highest BCUT2D eigenvalue weighted by Gasteiger charge is 2.36. The second-order valence-electron chi connectivity index (χ2n) is 7.68. The number of amides is 2. The normalized spacial score (nSPS) is 15.9. The number of benzene rings is 2. The van der Waals surface area contributed by atoms with Crippen LogP contribution < -0.4 is 14.9 Å². The van der Waals surface area contributed by atoms with E-state index in [2.05, 4.69) is 10.0 Å². The van der Waals surface area contributed by atoms with Gasteiger partial charge < -0.3 is 10.4 Å². The predicted octanol–water partition coefficient (Wildman–Crippen LogP) is 2.77. The zero-order valence-corrected chi connectivity index (χ0v) is 18.4. The fourth-order valence-corrected chi connectivity index (χ4v) is 4.05. The SMILES string of the molecule is CC(C)S(=O)(=O)NCCCCC(=O)Nc1ccc2c(c1)C(=O)N(c1ccccc1)[C@H]2O. The lowest BCUT2D eigenvalue weighted by Gasteiger charge is -2.20. The van der Waals surface area contributed by atoms with Crippen LogP contribution in [-0.2, 0) is 14.8 Å². The predicted molar refractivity (Wildman–Crippen MR) is 119 cm³/mol. The van der Waals surface area contributed by atoms with Crippen molar-refractivity contribution in [3.05, 3.63) is 59.7 Å². The molecule has 0 radical (unpaired) electrons. The van der Waals surface area contributed by atoms with E-state index in [1.807, 2.05) is 6.07 Å². The molecule has 8 nitrogen and oxygen atoms in total. The van der Waals surface area contributed by atoms with E-state index < -0.39 is 21.5 Å². The number of hydrogen-bond donors (Lipinski definition) is 3. The van der Waals surface area contributed by atoms with Crippen LogP contribution in [0.15, 0.2) is 48.5 Å². The number of carbonyl (C=O) groups is 2. The highest BCUT2D eigenvalue weighted by molar-refractivity contribution is 7.90. The maximum Gasteiger partial charge on any atom is 0.261 e. The molecular formula is C22H27N3O5S. The molecule has 0 spiro atoms. The van der Waals surface area contributed by atoms with Crippen molar-refractivity contribution < 1.29 is 23.1 Å². The Bertz CT molecular complexity index is 1050. The Morgan fingerprint density at radius 3 is 2.52 bits per heavy atom. The van der Waals surface area contributed by atoms with E-state index in [1.54, 1.807) is 56.3 Å². The van der Waals surface area contributed by atoms with E-state index in [0.29, 0.717) is 35.3 Å². The topological polar surface area (TPSA) is 116 Å². The molecule has 2 amide bonds. The van der Waals surface area contributed by atoms with E-state index in [1.165, 1.54) is 4.90 Å². The van der Waals surface area contributed by atoms with Gasteiger partial charge in [0.15, 0.2) is 6.23 Å². The summed E-state index contributed by atoms with van der Waals surface area (Å²) < 4.78 is 25.9. The first-order chi connectivity index (χ1) is 14.7. The number of aliphatic hydroxyl groups excluding tert-OH is 1. The van der Waals surface area contributed by atoms with Gasteiger partial charge >= 0.3 is 0 Å². The Morgan fingerprint density at radius 1 is 1.13 bits per heavy atom. The number of hydrogen-bond acceptors (Lipinski definition) is 5. The average Bonchev–Trinajstić information content (AvgIpc) is 2.98. The van der Waals surface area contributed by atoms with Gasteiger partial charge in [-0.05, 0) is 51.0 Å². The van der Waals surface area contributed by atoms with Crippen LogP contribution in [0.4, 0.5) is 11.4 Å². The van der Waals surface area contributed by atoms with Crippen LogP contribution in [0, 0.1) is 0 Å². The van der Waals surface area contributed by atoms with Gasteiger partial charge in [0.1, 0.15) is 0 Å². The van der Waals surface area contributed by atoms with Gasteiger partial charge in [-0.15, -0.1) is 0 Å². The Kier molecular flexibility index (Phi) is 7.09. The molecule has 0 bridgehead atoms. The van der Waals surface area contributed by atoms with E-state index in [9.17, 15) is 23.1 Å². The average molecular weight is 446 g/mol. The minimum absolute atomic E-state index is 0.224. The van der Waals surface area contributed by atoms with Crippen molar-refractivity contribution in [1.29, 1.82) is 0 Å².